The Morgan fingerprint density at radius 2 is 1.84 bits per heavy atom. The number of fused-ring (bicyclic) bond motifs is 1. The van der Waals surface area contributed by atoms with Crippen molar-refractivity contribution in [2.24, 2.45) is 7.05 Å². The van der Waals surface area contributed by atoms with Crippen LogP contribution < -0.4 is 11.0 Å². The Labute approximate surface area is 112 Å². The molecule has 19 heavy (non-hydrogen) atoms. The predicted octanol–water partition coefficient (Wildman–Crippen LogP) is 1.67. The molecule has 0 bridgehead atoms. The molecule has 0 radical (unpaired) electrons. The summed E-state index contributed by atoms with van der Waals surface area (Å²) in [6, 6.07) is 0. The summed E-state index contributed by atoms with van der Waals surface area (Å²) in [5.41, 5.74) is 0.594. The van der Waals surface area contributed by atoms with E-state index in [1.54, 1.807) is 7.05 Å². The van der Waals surface area contributed by atoms with Crippen LogP contribution >= 0.6 is 0 Å². The van der Waals surface area contributed by atoms with Gasteiger partial charge in [-0.25, -0.2) is 14.8 Å². The van der Waals surface area contributed by atoms with E-state index in [2.05, 4.69) is 20.3 Å². The van der Waals surface area contributed by atoms with Crippen LogP contribution in [0.1, 0.15) is 34.6 Å². The molecule has 0 aliphatic rings. The summed E-state index contributed by atoms with van der Waals surface area (Å²) in [7, 11) is 1.58. The third kappa shape index (κ3) is 3.90. The first-order valence-electron chi connectivity index (χ1n) is 6.27. The van der Waals surface area contributed by atoms with Crippen molar-refractivity contribution in [3.8, 4) is 0 Å². The highest BCUT2D eigenvalue weighted by Gasteiger charge is 2.10. The molecular weight excluding hydrogens is 246 g/mol. The highest BCUT2D eigenvalue weighted by molar-refractivity contribution is 5.95. The van der Waals surface area contributed by atoms with Gasteiger partial charge in [-0.15, -0.1) is 0 Å². The van der Waals surface area contributed by atoms with Crippen molar-refractivity contribution in [2.45, 2.75) is 34.6 Å². The fraction of sp³-hybridized carbons (Fsp3) is 0.500. The highest BCUT2D eigenvalue weighted by Crippen LogP contribution is 2.14. The zero-order valence-electron chi connectivity index (χ0n) is 12.2. The van der Waals surface area contributed by atoms with Crippen LogP contribution in [0.5, 0.6) is 0 Å². The average molecular weight is 267 g/mol. The highest BCUT2D eigenvalue weighted by atomic mass is 16.2. The van der Waals surface area contributed by atoms with Gasteiger partial charge in [0.05, 0.1) is 0 Å². The van der Waals surface area contributed by atoms with Crippen LogP contribution in [-0.2, 0) is 11.8 Å². The minimum atomic E-state index is -0.294. The van der Waals surface area contributed by atoms with E-state index >= 15 is 0 Å². The molecule has 2 rings (SSSR count). The van der Waals surface area contributed by atoms with E-state index < -0.39 is 0 Å². The summed E-state index contributed by atoms with van der Waals surface area (Å²) in [6.45, 7) is 9.37. The number of anilines is 1. The normalized spacial score (nSPS) is 8.95. The number of carbonyl (C=O) groups is 1. The van der Waals surface area contributed by atoms with Crippen LogP contribution in [-0.4, -0.2) is 25.4 Å². The number of nitrogens with one attached hydrogen (secondary N) is 2. The molecule has 0 spiro atoms. The molecule has 0 aromatic carbocycles. The topological polar surface area (TPSA) is 92.7 Å². The maximum atomic E-state index is 11.3. The lowest BCUT2D eigenvalue weighted by molar-refractivity contribution is -0.114. The Morgan fingerprint density at radius 1 is 1.26 bits per heavy atom. The molecule has 106 valence electrons. The van der Waals surface area contributed by atoms with E-state index in [0.717, 1.165) is 0 Å². The number of rotatable bonds is 1. The number of imidazole rings is 1. The van der Waals surface area contributed by atoms with Crippen molar-refractivity contribution in [1.29, 1.82) is 0 Å². The zero-order chi connectivity index (χ0) is 15.0. The van der Waals surface area contributed by atoms with Gasteiger partial charge in [-0.1, -0.05) is 27.7 Å². The van der Waals surface area contributed by atoms with Gasteiger partial charge in [-0.05, 0) is 0 Å². The molecule has 0 unspecified atom stereocenters. The maximum Gasteiger partial charge on any atom is 0.327 e. The molecule has 7 nitrogen and oxygen atoms in total. The van der Waals surface area contributed by atoms with Crippen LogP contribution in [0, 0.1) is 0 Å². The lowest BCUT2D eigenvalue weighted by Gasteiger charge is -2.02. The average Bonchev–Trinajstić information content (AvgIpc) is 2.70. The number of nitrogens with zero attached hydrogens (tertiary/aromatic N) is 3. The number of aromatic nitrogens is 4. The largest absolute Gasteiger partial charge is 0.327 e. The van der Waals surface area contributed by atoms with Crippen molar-refractivity contribution in [2.75, 3.05) is 5.32 Å². The van der Waals surface area contributed by atoms with Crippen molar-refractivity contribution in [1.82, 2.24) is 19.5 Å². The maximum absolute atomic E-state index is 11.3. The number of aryl methyl sites for hydroxylation is 1. The number of aromatic amines is 1. The molecule has 7 heteroatoms. The monoisotopic (exact) mass is 267 g/mol. The van der Waals surface area contributed by atoms with Gasteiger partial charge in [-0.3, -0.25) is 14.3 Å². The number of hydrogen-bond donors (Lipinski definition) is 2. The summed E-state index contributed by atoms with van der Waals surface area (Å²) >= 11 is 0. The molecule has 2 heterocycles. The van der Waals surface area contributed by atoms with Crippen LogP contribution in [0.4, 0.5) is 5.82 Å². The van der Waals surface area contributed by atoms with Gasteiger partial charge >= 0.3 is 5.69 Å². The Hall–Kier alpha value is -2.18. The van der Waals surface area contributed by atoms with Crippen LogP contribution in [0.3, 0.4) is 0 Å². The molecule has 0 saturated heterocycles. The van der Waals surface area contributed by atoms with E-state index in [0.29, 0.717) is 17.0 Å². The summed E-state index contributed by atoms with van der Waals surface area (Å²) in [5, 5.41) is 2.53. The first-order chi connectivity index (χ1) is 9.09. The van der Waals surface area contributed by atoms with Crippen molar-refractivity contribution in [3.63, 3.8) is 0 Å². The minimum absolute atomic E-state index is 0.247. The number of hydrogen-bond acceptors (Lipinski definition) is 4. The van der Waals surface area contributed by atoms with Gasteiger partial charge < -0.3 is 5.32 Å². The molecule has 2 aromatic rings. The summed E-state index contributed by atoms with van der Waals surface area (Å²) in [6.07, 6.45) is 1.28. The SMILES string of the molecule is CC.CC.CC(=O)Nc1ncnc2[nH]c(=O)n(C)c12. The third-order valence-electron chi connectivity index (χ3n) is 1.98. The molecule has 0 fully saturated rings. The molecule has 0 atom stereocenters. The summed E-state index contributed by atoms with van der Waals surface area (Å²) < 4.78 is 1.35. The van der Waals surface area contributed by atoms with Crippen molar-refractivity contribution in [3.05, 3.63) is 16.8 Å². The Balaban J connectivity index is 0.000000741. The summed E-state index contributed by atoms with van der Waals surface area (Å²) in [5.74, 6) is 0.0806. The molecule has 2 aromatic heterocycles. The second-order valence-corrected chi connectivity index (χ2v) is 3.09. The fourth-order valence-electron chi connectivity index (χ4n) is 1.33. The first kappa shape index (κ1) is 16.8. The zero-order valence-corrected chi connectivity index (χ0v) is 12.2. The van der Waals surface area contributed by atoms with Gasteiger partial charge in [0.1, 0.15) is 11.8 Å². The minimum Gasteiger partial charge on any atom is -0.309 e. The Kier molecular flexibility index (Phi) is 7.10. The Bertz CT molecular complexity index is 585. The standard InChI is InChI=1S/C8H9N5O2.2C2H6/c1-4(14)11-6-5-7(10-3-9-6)12-8(15)13(5)2;2*1-2/h3H,1-2H3,(H2,9,10,11,12,14,15);2*1-2H3. The quantitative estimate of drug-likeness (QED) is 0.822. The second kappa shape index (κ2) is 8.02. The first-order valence-corrected chi connectivity index (χ1v) is 6.27. The smallest absolute Gasteiger partial charge is 0.309 e. The fourth-order valence-corrected chi connectivity index (χ4v) is 1.33. The molecule has 0 saturated carbocycles. The van der Waals surface area contributed by atoms with Gasteiger partial charge in [0.15, 0.2) is 11.5 Å². The van der Waals surface area contributed by atoms with Gasteiger partial charge in [0, 0.05) is 14.0 Å². The van der Waals surface area contributed by atoms with Gasteiger partial charge in [0.2, 0.25) is 5.91 Å². The third-order valence-corrected chi connectivity index (χ3v) is 1.98. The second-order valence-electron chi connectivity index (χ2n) is 3.09. The number of amides is 1. The Morgan fingerprint density at radius 3 is 2.37 bits per heavy atom. The molecule has 1 amide bonds. The van der Waals surface area contributed by atoms with Gasteiger partial charge in [0.25, 0.3) is 0 Å². The van der Waals surface area contributed by atoms with Crippen molar-refractivity contribution >= 4 is 22.9 Å². The molecule has 0 aliphatic heterocycles. The van der Waals surface area contributed by atoms with E-state index in [-0.39, 0.29) is 11.6 Å². The van der Waals surface area contributed by atoms with E-state index in [1.807, 2.05) is 27.7 Å². The van der Waals surface area contributed by atoms with Crippen LogP contribution in [0.15, 0.2) is 11.1 Å². The molecule has 0 aliphatic carbocycles. The number of carbonyl (C=O) groups excluding carboxylic acids is 1. The van der Waals surface area contributed by atoms with E-state index in [9.17, 15) is 9.59 Å². The van der Waals surface area contributed by atoms with Crippen molar-refractivity contribution < 1.29 is 4.79 Å². The summed E-state index contributed by atoms with van der Waals surface area (Å²) in [4.78, 5) is 32.5. The molecule has 2 N–H and O–H groups in total. The van der Waals surface area contributed by atoms with E-state index in [4.69, 9.17) is 0 Å². The van der Waals surface area contributed by atoms with Gasteiger partial charge in [-0.2, -0.15) is 0 Å². The number of H-pyrrole nitrogens is 1. The molecular formula is C12H21N5O2. The van der Waals surface area contributed by atoms with Crippen LogP contribution in [0.25, 0.3) is 11.2 Å². The predicted molar refractivity (Wildman–Crippen MR) is 76.1 cm³/mol. The lowest BCUT2D eigenvalue weighted by atomic mass is 10.4. The van der Waals surface area contributed by atoms with Crippen LogP contribution in [0.2, 0.25) is 0 Å². The lowest BCUT2D eigenvalue weighted by Crippen LogP contribution is -2.14. The van der Waals surface area contributed by atoms with E-state index in [1.165, 1.54) is 17.8 Å².